The lowest BCUT2D eigenvalue weighted by molar-refractivity contribution is 0.867. The van der Waals surface area contributed by atoms with Crippen LogP contribution in [-0.2, 0) is 0 Å². The predicted molar refractivity (Wildman–Crippen MR) is 101 cm³/mol. The number of anilines is 2. The first-order chi connectivity index (χ1) is 11.0. The molecule has 3 aromatic rings. The summed E-state index contributed by atoms with van der Waals surface area (Å²) in [6.45, 7) is 4.37. The van der Waals surface area contributed by atoms with Gasteiger partial charge < -0.3 is 5.32 Å². The topological polar surface area (TPSA) is 24.9 Å². The van der Waals surface area contributed by atoms with E-state index in [4.69, 9.17) is 23.2 Å². The standard InChI is InChI=1S/C18H16Cl2N2S/c1-11(2)12-6-8-13(9-7-12)21-18-22-16(10-23-18)17-14(19)4-3-5-15(17)20/h3-11H,1-2H3,(H,21,22). The minimum atomic E-state index is 0.526. The SMILES string of the molecule is CC(C)c1ccc(Nc2nc(-c3c(Cl)cccc3Cl)cs2)cc1. The van der Waals surface area contributed by atoms with Gasteiger partial charge in [0.05, 0.1) is 15.7 Å². The van der Waals surface area contributed by atoms with Crippen LogP contribution in [0.1, 0.15) is 25.3 Å². The Balaban J connectivity index is 1.82. The van der Waals surface area contributed by atoms with Gasteiger partial charge in [-0.25, -0.2) is 4.98 Å². The van der Waals surface area contributed by atoms with Crippen molar-refractivity contribution in [2.75, 3.05) is 5.32 Å². The highest BCUT2D eigenvalue weighted by atomic mass is 35.5. The second kappa shape index (κ2) is 6.91. The Labute approximate surface area is 150 Å². The minimum absolute atomic E-state index is 0.526. The van der Waals surface area contributed by atoms with E-state index in [-0.39, 0.29) is 0 Å². The zero-order valence-electron chi connectivity index (χ0n) is 12.8. The van der Waals surface area contributed by atoms with Crippen molar-refractivity contribution in [3.05, 3.63) is 63.5 Å². The Bertz CT molecular complexity index is 790. The summed E-state index contributed by atoms with van der Waals surface area (Å²) >= 11 is 14.0. The van der Waals surface area contributed by atoms with Gasteiger partial charge in [0, 0.05) is 16.6 Å². The maximum atomic E-state index is 6.24. The number of hydrogen-bond acceptors (Lipinski definition) is 3. The van der Waals surface area contributed by atoms with E-state index in [1.807, 2.05) is 23.6 Å². The van der Waals surface area contributed by atoms with Crippen LogP contribution in [0.15, 0.2) is 47.8 Å². The van der Waals surface area contributed by atoms with Crippen molar-refractivity contribution in [2.24, 2.45) is 0 Å². The van der Waals surface area contributed by atoms with E-state index >= 15 is 0 Å². The molecule has 3 rings (SSSR count). The van der Waals surface area contributed by atoms with E-state index in [0.29, 0.717) is 16.0 Å². The van der Waals surface area contributed by atoms with Crippen LogP contribution in [0.25, 0.3) is 11.3 Å². The molecule has 23 heavy (non-hydrogen) atoms. The summed E-state index contributed by atoms with van der Waals surface area (Å²) in [7, 11) is 0. The number of aromatic nitrogens is 1. The third-order valence-corrected chi connectivity index (χ3v) is 4.94. The van der Waals surface area contributed by atoms with E-state index in [1.54, 1.807) is 0 Å². The lowest BCUT2D eigenvalue weighted by Crippen LogP contribution is -1.92. The van der Waals surface area contributed by atoms with Gasteiger partial charge >= 0.3 is 0 Å². The molecule has 2 aromatic carbocycles. The Kier molecular flexibility index (Phi) is 4.90. The predicted octanol–water partition coefficient (Wildman–Crippen LogP) is 6.98. The number of nitrogens with one attached hydrogen (secondary N) is 1. The zero-order chi connectivity index (χ0) is 16.4. The first-order valence-corrected chi connectivity index (χ1v) is 8.95. The molecule has 0 saturated heterocycles. The molecule has 0 amide bonds. The molecule has 0 fully saturated rings. The number of nitrogens with zero attached hydrogens (tertiary/aromatic N) is 1. The fourth-order valence-electron chi connectivity index (χ4n) is 2.26. The van der Waals surface area contributed by atoms with Crippen molar-refractivity contribution in [1.29, 1.82) is 0 Å². The van der Waals surface area contributed by atoms with Crippen molar-refractivity contribution in [3.63, 3.8) is 0 Å². The monoisotopic (exact) mass is 362 g/mol. The van der Waals surface area contributed by atoms with Gasteiger partial charge in [-0.3, -0.25) is 0 Å². The molecule has 0 spiro atoms. The Hall–Kier alpha value is -1.55. The van der Waals surface area contributed by atoms with Crippen LogP contribution in [-0.4, -0.2) is 4.98 Å². The summed E-state index contributed by atoms with van der Waals surface area (Å²) in [6.07, 6.45) is 0. The number of halogens is 2. The van der Waals surface area contributed by atoms with Crippen LogP contribution in [0.2, 0.25) is 10.0 Å². The van der Waals surface area contributed by atoms with Gasteiger partial charge in [-0.15, -0.1) is 11.3 Å². The smallest absolute Gasteiger partial charge is 0.187 e. The van der Waals surface area contributed by atoms with Crippen LogP contribution in [0.3, 0.4) is 0 Å². The summed E-state index contributed by atoms with van der Waals surface area (Å²) in [5.74, 6) is 0.526. The summed E-state index contributed by atoms with van der Waals surface area (Å²) in [5.41, 5.74) is 3.89. The van der Waals surface area contributed by atoms with Crippen molar-refractivity contribution in [2.45, 2.75) is 19.8 Å². The van der Waals surface area contributed by atoms with Gasteiger partial charge in [-0.05, 0) is 35.7 Å². The molecule has 0 saturated carbocycles. The van der Waals surface area contributed by atoms with E-state index in [9.17, 15) is 0 Å². The largest absolute Gasteiger partial charge is 0.332 e. The molecule has 1 N–H and O–H groups in total. The quantitative estimate of drug-likeness (QED) is 0.541. The molecule has 1 aromatic heterocycles. The van der Waals surface area contributed by atoms with Crippen molar-refractivity contribution in [3.8, 4) is 11.3 Å². The minimum Gasteiger partial charge on any atom is -0.332 e. The highest BCUT2D eigenvalue weighted by Crippen LogP contribution is 2.36. The van der Waals surface area contributed by atoms with Gasteiger partial charge in [0.25, 0.3) is 0 Å². The average molecular weight is 363 g/mol. The average Bonchev–Trinajstić information content (AvgIpc) is 2.96. The number of benzene rings is 2. The van der Waals surface area contributed by atoms with Crippen molar-refractivity contribution in [1.82, 2.24) is 4.98 Å². The van der Waals surface area contributed by atoms with Crippen LogP contribution < -0.4 is 5.32 Å². The van der Waals surface area contributed by atoms with E-state index in [0.717, 1.165) is 22.1 Å². The molecule has 0 aliphatic rings. The second-order valence-electron chi connectivity index (χ2n) is 5.54. The Morgan fingerprint density at radius 1 is 1.00 bits per heavy atom. The molecule has 0 unspecified atom stereocenters. The molecule has 0 bridgehead atoms. The molecule has 1 heterocycles. The normalized spacial score (nSPS) is 11.0. The molecule has 0 atom stereocenters. The molecule has 0 aliphatic heterocycles. The molecular weight excluding hydrogens is 347 g/mol. The lowest BCUT2D eigenvalue weighted by Gasteiger charge is -2.07. The fourth-order valence-corrected chi connectivity index (χ4v) is 3.58. The van der Waals surface area contributed by atoms with Crippen molar-refractivity contribution < 1.29 is 0 Å². The molecule has 0 aliphatic carbocycles. The summed E-state index contributed by atoms with van der Waals surface area (Å²) in [5, 5.41) is 7.30. The van der Waals surface area contributed by atoms with Crippen LogP contribution in [0.5, 0.6) is 0 Å². The van der Waals surface area contributed by atoms with Gasteiger partial charge in [0.15, 0.2) is 5.13 Å². The van der Waals surface area contributed by atoms with E-state index in [2.05, 4.69) is 48.4 Å². The van der Waals surface area contributed by atoms with Crippen LogP contribution in [0.4, 0.5) is 10.8 Å². The maximum absolute atomic E-state index is 6.24. The molecule has 0 radical (unpaired) electrons. The summed E-state index contributed by atoms with van der Waals surface area (Å²) in [6, 6.07) is 13.9. The van der Waals surface area contributed by atoms with Crippen LogP contribution in [0, 0.1) is 0 Å². The molecule has 118 valence electrons. The van der Waals surface area contributed by atoms with E-state index in [1.165, 1.54) is 16.9 Å². The second-order valence-corrected chi connectivity index (χ2v) is 7.21. The first-order valence-electron chi connectivity index (χ1n) is 7.31. The summed E-state index contributed by atoms with van der Waals surface area (Å²) in [4.78, 5) is 4.59. The number of thiazole rings is 1. The van der Waals surface area contributed by atoms with Crippen LogP contribution >= 0.6 is 34.5 Å². The van der Waals surface area contributed by atoms with Gasteiger partial charge in [0.1, 0.15) is 0 Å². The van der Waals surface area contributed by atoms with Gasteiger partial charge in [-0.1, -0.05) is 55.2 Å². The third kappa shape index (κ3) is 3.69. The van der Waals surface area contributed by atoms with E-state index < -0.39 is 0 Å². The highest BCUT2D eigenvalue weighted by Gasteiger charge is 2.12. The number of rotatable bonds is 4. The fraction of sp³-hybridized carbons (Fsp3) is 0.167. The first kappa shape index (κ1) is 16.3. The maximum Gasteiger partial charge on any atom is 0.187 e. The highest BCUT2D eigenvalue weighted by molar-refractivity contribution is 7.14. The summed E-state index contributed by atoms with van der Waals surface area (Å²) < 4.78 is 0. The van der Waals surface area contributed by atoms with Gasteiger partial charge in [-0.2, -0.15) is 0 Å². The Morgan fingerprint density at radius 3 is 2.26 bits per heavy atom. The molecule has 2 nitrogen and oxygen atoms in total. The number of hydrogen-bond donors (Lipinski definition) is 1. The third-order valence-electron chi connectivity index (χ3n) is 3.55. The zero-order valence-corrected chi connectivity index (χ0v) is 15.1. The van der Waals surface area contributed by atoms with Gasteiger partial charge in [0.2, 0.25) is 0 Å². The molecular formula is C18H16Cl2N2S. The van der Waals surface area contributed by atoms with Crippen molar-refractivity contribution >= 4 is 45.4 Å². The molecule has 5 heteroatoms. The Morgan fingerprint density at radius 2 is 1.65 bits per heavy atom. The lowest BCUT2D eigenvalue weighted by atomic mass is 10.0.